The van der Waals surface area contributed by atoms with E-state index in [0.29, 0.717) is 0 Å². The molecule has 0 amide bonds. The van der Waals surface area contributed by atoms with Gasteiger partial charge >= 0.3 is 0 Å². The number of thiophene rings is 4. The molecule has 0 aliphatic carbocycles. The number of fused-ring (bicyclic) bond motifs is 2. The predicted molar refractivity (Wildman–Crippen MR) is 139 cm³/mol. The zero-order valence-corrected chi connectivity index (χ0v) is 19.8. The van der Waals surface area contributed by atoms with E-state index in [1.165, 1.54) is 63.3 Å². The van der Waals surface area contributed by atoms with Crippen LogP contribution in [-0.4, -0.2) is 0 Å². The molecule has 0 nitrogen and oxygen atoms in total. The maximum atomic E-state index is 2.37. The van der Waals surface area contributed by atoms with Crippen molar-refractivity contribution < 1.29 is 0 Å². The summed E-state index contributed by atoms with van der Waals surface area (Å²) in [6.45, 7) is 4.39. The monoisotopic (exact) mass is 458 g/mol. The normalized spacial score (nSPS) is 11.7. The number of benzene rings is 2. The van der Waals surface area contributed by atoms with Crippen molar-refractivity contribution in [3.8, 4) is 32.0 Å². The molecule has 6 rings (SSSR count). The molecule has 0 aliphatic rings. The molecule has 4 aromatic heterocycles. The van der Waals surface area contributed by atoms with Gasteiger partial charge < -0.3 is 0 Å². The van der Waals surface area contributed by atoms with Crippen molar-refractivity contribution in [2.24, 2.45) is 0 Å². The molecule has 0 unspecified atom stereocenters. The molecule has 0 bridgehead atoms. The van der Waals surface area contributed by atoms with E-state index in [2.05, 4.69) is 83.9 Å². The van der Waals surface area contributed by atoms with Gasteiger partial charge in [0.25, 0.3) is 0 Å². The third-order valence-corrected chi connectivity index (χ3v) is 9.31. The van der Waals surface area contributed by atoms with Crippen LogP contribution in [0, 0.1) is 13.8 Å². The van der Waals surface area contributed by atoms with Crippen LogP contribution in [0.4, 0.5) is 0 Å². The third kappa shape index (κ3) is 2.90. The van der Waals surface area contributed by atoms with Crippen LogP contribution in [0.5, 0.6) is 0 Å². The minimum atomic E-state index is 1.31. The van der Waals surface area contributed by atoms with Crippen LogP contribution in [0.2, 0.25) is 0 Å². The maximum Gasteiger partial charge on any atom is 0.0442 e. The lowest BCUT2D eigenvalue weighted by Crippen LogP contribution is -1.83. The Kier molecular flexibility index (Phi) is 4.43. The number of rotatable bonds is 3. The van der Waals surface area contributed by atoms with E-state index in [9.17, 15) is 0 Å². The highest BCUT2D eigenvalue weighted by Gasteiger charge is 2.23. The Labute approximate surface area is 191 Å². The molecule has 0 radical (unpaired) electrons. The van der Waals surface area contributed by atoms with Gasteiger partial charge in [0.1, 0.15) is 0 Å². The van der Waals surface area contributed by atoms with Crippen LogP contribution in [0.1, 0.15) is 11.1 Å². The minimum Gasteiger partial charge on any atom is -0.152 e. The van der Waals surface area contributed by atoms with Crippen molar-refractivity contribution in [3.05, 3.63) is 81.2 Å². The summed E-state index contributed by atoms with van der Waals surface area (Å²) in [7, 11) is 0. The molecule has 0 saturated carbocycles. The summed E-state index contributed by atoms with van der Waals surface area (Å²) in [6, 6.07) is 18.3. The summed E-state index contributed by atoms with van der Waals surface area (Å²) in [5.41, 5.74) is 8.08. The Morgan fingerprint density at radius 3 is 1.43 bits per heavy atom. The SMILES string of the molecule is Cc1ccc2sc(-c3ccsc3)c(-c3c(-c4ccsc4)sc4ccc(C)cc34)c2c1. The van der Waals surface area contributed by atoms with E-state index < -0.39 is 0 Å². The topological polar surface area (TPSA) is 0 Å². The standard InChI is InChI=1S/C26H18S4/c1-15-3-5-21-19(11-15)23(25(29-21)17-7-9-27-13-17)24-20-12-16(2)4-6-22(20)30-26(24)18-8-10-28-14-18/h3-14H,1-2H3. The summed E-state index contributed by atoms with van der Waals surface area (Å²) in [4.78, 5) is 2.77. The van der Waals surface area contributed by atoms with Gasteiger partial charge in [-0.15, -0.1) is 22.7 Å². The number of aryl methyl sites for hydroxylation is 2. The lowest BCUT2D eigenvalue weighted by molar-refractivity contribution is 1.51. The molecule has 30 heavy (non-hydrogen) atoms. The molecule has 0 atom stereocenters. The Balaban J connectivity index is 1.80. The van der Waals surface area contributed by atoms with E-state index in [-0.39, 0.29) is 0 Å². The van der Waals surface area contributed by atoms with Gasteiger partial charge in [-0.05, 0) is 71.8 Å². The summed E-state index contributed by atoms with van der Waals surface area (Å²) >= 11 is 7.39. The van der Waals surface area contributed by atoms with Gasteiger partial charge in [0.2, 0.25) is 0 Å². The van der Waals surface area contributed by atoms with Gasteiger partial charge in [-0.1, -0.05) is 23.3 Å². The van der Waals surface area contributed by atoms with Crippen LogP contribution in [0.3, 0.4) is 0 Å². The summed E-state index contributed by atoms with van der Waals surface area (Å²) < 4.78 is 2.72. The third-order valence-electron chi connectivity index (χ3n) is 5.50. The first-order valence-corrected chi connectivity index (χ1v) is 13.3. The summed E-state index contributed by atoms with van der Waals surface area (Å²) in [5.74, 6) is 0. The maximum absolute atomic E-state index is 2.37. The zero-order valence-electron chi connectivity index (χ0n) is 16.6. The van der Waals surface area contributed by atoms with Crippen molar-refractivity contribution >= 4 is 65.5 Å². The fraction of sp³-hybridized carbons (Fsp3) is 0.0769. The van der Waals surface area contributed by atoms with Crippen molar-refractivity contribution in [1.82, 2.24) is 0 Å². The fourth-order valence-electron chi connectivity index (χ4n) is 4.11. The van der Waals surface area contributed by atoms with Crippen LogP contribution in [0.25, 0.3) is 52.2 Å². The van der Waals surface area contributed by atoms with Crippen LogP contribution in [0.15, 0.2) is 70.1 Å². The molecular weight excluding hydrogens is 441 g/mol. The van der Waals surface area contributed by atoms with Gasteiger partial charge in [0.05, 0.1) is 0 Å². The molecule has 0 spiro atoms. The highest BCUT2D eigenvalue weighted by atomic mass is 32.1. The average molecular weight is 459 g/mol. The summed E-state index contributed by atoms with van der Waals surface area (Å²) in [6.07, 6.45) is 0. The van der Waals surface area contributed by atoms with Gasteiger partial charge in [0, 0.05) is 52.2 Å². The van der Waals surface area contributed by atoms with Gasteiger partial charge in [0.15, 0.2) is 0 Å². The molecule has 4 heterocycles. The van der Waals surface area contributed by atoms with E-state index >= 15 is 0 Å². The van der Waals surface area contributed by atoms with E-state index in [0.717, 1.165) is 0 Å². The number of hydrogen-bond donors (Lipinski definition) is 0. The molecule has 0 fully saturated rings. The quantitative estimate of drug-likeness (QED) is 0.247. The molecule has 4 heteroatoms. The minimum absolute atomic E-state index is 1.31. The Morgan fingerprint density at radius 1 is 0.567 bits per heavy atom. The lowest BCUT2D eigenvalue weighted by Gasteiger charge is -2.08. The lowest BCUT2D eigenvalue weighted by atomic mass is 9.94. The van der Waals surface area contributed by atoms with Crippen LogP contribution >= 0.6 is 45.3 Å². The van der Waals surface area contributed by atoms with E-state index in [4.69, 9.17) is 0 Å². The molecule has 146 valence electrons. The number of hydrogen-bond acceptors (Lipinski definition) is 4. The second-order valence-corrected chi connectivity index (χ2v) is 11.3. The first-order valence-electron chi connectivity index (χ1n) is 9.81. The summed E-state index contributed by atoms with van der Waals surface area (Å²) in [5, 5.41) is 11.7. The largest absolute Gasteiger partial charge is 0.152 e. The van der Waals surface area contributed by atoms with Crippen molar-refractivity contribution in [2.45, 2.75) is 13.8 Å². The highest BCUT2D eigenvalue weighted by molar-refractivity contribution is 7.24. The highest BCUT2D eigenvalue weighted by Crippen LogP contribution is 2.53. The molecule has 0 N–H and O–H groups in total. The Morgan fingerprint density at radius 2 is 1.03 bits per heavy atom. The van der Waals surface area contributed by atoms with Crippen LogP contribution < -0.4 is 0 Å². The van der Waals surface area contributed by atoms with Gasteiger partial charge in [-0.2, -0.15) is 22.7 Å². The molecule has 6 aromatic rings. The first kappa shape index (κ1) is 18.5. The average Bonchev–Trinajstić information content (AvgIpc) is 3.51. The molecular formula is C26H18S4. The predicted octanol–water partition coefficient (Wildman–Crippen LogP) is 9.86. The smallest absolute Gasteiger partial charge is 0.0442 e. The molecule has 2 aromatic carbocycles. The Hall–Kier alpha value is -2.24. The molecule has 0 aliphatic heterocycles. The van der Waals surface area contributed by atoms with Crippen LogP contribution in [-0.2, 0) is 0 Å². The zero-order chi connectivity index (χ0) is 20.2. The second kappa shape index (κ2) is 7.17. The fourth-order valence-corrected chi connectivity index (χ4v) is 7.93. The first-order chi connectivity index (χ1) is 14.7. The van der Waals surface area contributed by atoms with Crippen molar-refractivity contribution in [3.63, 3.8) is 0 Å². The van der Waals surface area contributed by atoms with Gasteiger partial charge in [-0.25, -0.2) is 0 Å². The molecule has 0 saturated heterocycles. The van der Waals surface area contributed by atoms with E-state index in [1.807, 2.05) is 22.7 Å². The van der Waals surface area contributed by atoms with Gasteiger partial charge in [-0.3, -0.25) is 0 Å². The van der Waals surface area contributed by atoms with Crippen molar-refractivity contribution in [2.75, 3.05) is 0 Å². The van der Waals surface area contributed by atoms with Crippen molar-refractivity contribution in [1.29, 1.82) is 0 Å². The second-order valence-electron chi connectivity index (χ2n) is 7.64. The Bertz CT molecular complexity index is 1380. The van der Waals surface area contributed by atoms with E-state index in [1.54, 1.807) is 22.7 Å².